The number of nitrogens with zero attached hydrogens (tertiary/aromatic N) is 3. The van der Waals surface area contributed by atoms with Crippen molar-refractivity contribution in [3.05, 3.63) is 0 Å². The van der Waals surface area contributed by atoms with Crippen molar-refractivity contribution in [2.75, 3.05) is 151 Å². The summed E-state index contributed by atoms with van der Waals surface area (Å²) in [7, 11) is 0. The topological polar surface area (TPSA) is 229 Å². The predicted octanol–water partition coefficient (Wildman–Crippen LogP) is -1.27. The van der Waals surface area contributed by atoms with Crippen LogP contribution in [0.4, 0.5) is 0 Å². The summed E-state index contributed by atoms with van der Waals surface area (Å²) in [5.41, 5.74) is 5.33. The highest BCUT2D eigenvalue weighted by Crippen LogP contribution is 2.12. The average Bonchev–Trinajstić information content (AvgIpc) is 3.15. The molecule has 1 fully saturated rings. The fourth-order valence-corrected chi connectivity index (χ4v) is 4.93. The molecule has 0 aliphatic carbocycles. The first-order valence-corrected chi connectivity index (χ1v) is 17.3. The molecule has 18 nitrogen and oxygen atoms in total. The fourth-order valence-electron chi connectivity index (χ4n) is 4.93. The van der Waals surface area contributed by atoms with Gasteiger partial charge in [0.05, 0.1) is 99.0 Å². The molecule has 1 heterocycles. The van der Waals surface area contributed by atoms with Gasteiger partial charge in [0.25, 0.3) is 0 Å². The molecule has 1 saturated heterocycles. The highest BCUT2D eigenvalue weighted by atomic mass is 16.6. The average molecular weight is 725 g/mol. The molecular weight excluding hydrogens is 664 g/mol. The van der Waals surface area contributed by atoms with Crippen LogP contribution in [-0.4, -0.2) is 211 Å². The largest absolute Gasteiger partial charge is 0.480 e. The van der Waals surface area contributed by atoms with Crippen LogP contribution in [0.5, 0.6) is 0 Å². The SMILES string of the molecule is NCCOCCOCCOCCOCCOCCOCCOCCCC(=O)CCC(C(=O)O)N1CCN(CC(=O)O)CCN(CC(=O)O)CC1. The van der Waals surface area contributed by atoms with E-state index in [-0.39, 0.29) is 51.2 Å². The molecule has 18 heteroatoms. The first-order valence-electron chi connectivity index (χ1n) is 17.3. The number of carbonyl (C=O) groups is 4. The number of nitrogens with two attached hydrogens (primary N) is 1. The van der Waals surface area contributed by atoms with Gasteiger partial charge in [-0.3, -0.25) is 33.9 Å². The van der Waals surface area contributed by atoms with Crippen LogP contribution in [0.3, 0.4) is 0 Å². The van der Waals surface area contributed by atoms with Gasteiger partial charge in [-0.15, -0.1) is 0 Å². The third-order valence-corrected chi connectivity index (χ3v) is 7.52. The molecule has 1 aliphatic rings. The Morgan fingerprint density at radius 1 is 0.520 bits per heavy atom. The molecule has 0 spiro atoms. The number of ether oxygens (including phenoxy) is 7. The molecule has 0 aromatic heterocycles. The van der Waals surface area contributed by atoms with Crippen LogP contribution >= 0.6 is 0 Å². The number of hydrogen-bond acceptors (Lipinski definition) is 15. The molecule has 1 atom stereocenters. The van der Waals surface area contributed by atoms with Gasteiger partial charge in [-0.05, 0) is 12.8 Å². The summed E-state index contributed by atoms with van der Waals surface area (Å²) in [5, 5.41) is 28.4. The Labute approximate surface area is 294 Å². The van der Waals surface area contributed by atoms with Gasteiger partial charge < -0.3 is 54.2 Å². The van der Waals surface area contributed by atoms with Gasteiger partial charge in [-0.2, -0.15) is 0 Å². The summed E-state index contributed by atoms with van der Waals surface area (Å²) in [6.07, 6.45) is 0.943. The van der Waals surface area contributed by atoms with Crippen LogP contribution in [0.1, 0.15) is 25.7 Å². The summed E-state index contributed by atoms with van der Waals surface area (Å²) in [5.74, 6) is -3.17. The number of rotatable bonds is 33. The van der Waals surface area contributed by atoms with Crippen molar-refractivity contribution in [3.63, 3.8) is 0 Å². The second kappa shape index (κ2) is 31.4. The summed E-state index contributed by atoms with van der Waals surface area (Å²) in [6, 6.07) is -0.950. The van der Waals surface area contributed by atoms with Gasteiger partial charge in [0.1, 0.15) is 11.8 Å². The number of hydrogen-bond donors (Lipinski definition) is 4. The molecule has 292 valence electrons. The Kier molecular flexibility index (Phi) is 28.7. The monoisotopic (exact) mass is 724 g/mol. The zero-order chi connectivity index (χ0) is 36.7. The van der Waals surface area contributed by atoms with Crippen molar-refractivity contribution in [2.45, 2.75) is 31.7 Å². The lowest BCUT2D eigenvalue weighted by Crippen LogP contribution is -2.47. The van der Waals surface area contributed by atoms with E-state index in [4.69, 9.17) is 38.9 Å². The number of carbonyl (C=O) groups excluding carboxylic acids is 1. The van der Waals surface area contributed by atoms with Gasteiger partial charge in [0.2, 0.25) is 0 Å². The second-order valence-electron chi connectivity index (χ2n) is 11.5. The number of aliphatic carboxylic acids is 3. The molecule has 50 heavy (non-hydrogen) atoms. The minimum atomic E-state index is -1.07. The maximum atomic E-state index is 12.5. The first kappa shape index (κ1) is 45.7. The van der Waals surface area contributed by atoms with Crippen LogP contribution < -0.4 is 5.73 Å². The van der Waals surface area contributed by atoms with E-state index in [0.717, 1.165) is 0 Å². The minimum Gasteiger partial charge on any atom is -0.480 e. The Morgan fingerprint density at radius 3 is 1.24 bits per heavy atom. The van der Waals surface area contributed by atoms with Crippen LogP contribution in [0.25, 0.3) is 0 Å². The Hall–Kier alpha value is -2.36. The highest BCUT2D eigenvalue weighted by molar-refractivity contribution is 5.80. The zero-order valence-electron chi connectivity index (χ0n) is 29.4. The maximum absolute atomic E-state index is 12.5. The van der Waals surface area contributed by atoms with E-state index < -0.39 is 23.9 Å². The van der Waals surface area contributed by atoms with Gasteiger partial charge in [0.15, 0.2) is 0 Å². The molecule has 5 N–H and O–H groups in total. The Bertz CT molecular complexity index is 875. The van der Waals surface area contributed by atoms with Crippen molar-refractivity contribution >= 4 is 23.7 Å². The zero-order valence-corrected chi connectivity index (χ0v) is 29.4. The fraction of sp³-hybridized carbons (Fsp3) is 0.875. The standard InChI is InChI=1S/C32H60N4O14/c33-5-13-45-15-17-47-19-21-49-23-25-50-24-22-48-20-18-46-16-14-44-12-1-2-28(37)3-4-29(32(42)43)36-10-8-34(26-30(38)39)6-7-35(9-11-36)27-31(40)41/h29H,1-27,33H2,(H,38,39)(H,40,41)(H,42,43). The van der Waals surface area contributed by atoms with E-state index >= 15 is 0 Å². The molecule has 0 aromatic rings. The number of Topliss-reactive ketones (excluding diaryl/α,β-unsaturated/α-hetero) is 1. The predicted molar refractivity (Wildman–Crippen MR) is 179 cm³/mol. The molecule has 1 rings (SSSR count). The van der Waals surface area contributed by atoms with E-state index in [0.29, 0.717) is 132 Å². The molecule has 1 aliphatic heterocycles. The van der Waals surface area contributed by atoms with Crippen LogP contribution in [-0.2, 0) is 52.3 Å². The van der Waals surface area contributed by atoms with E-state index in [2.05, 4.69) is 0 Å². The van der Waals surface area contributed by atoms with Crippen molar-refractivity contribution in [1.82, 2.24) is 14.7 Å². The summed E-state index contributed by atoms with van der Waals surface area (Å²) in [4.78, 5) is 52.3. The van der Waals surface area contributed by atoms with Gasteiger partial charge >= 0.3 is 17.9 Å². The summed E-state index contributed by atoms with van der Waals surface area (Å²) < 4.78 is 37.9. The van der Waals surface area contributed by atoms with E-state index in [9.17, 15) is 34.5 Å². The molecule has 0 aromatic carbocycles. The summed E-state index contributed by atoms with van der Waals surface area (Å²) in [6.45, 7) is 8.34. The molecule has 0 bridgehead atoms. The maximum Gasteiger partial charge on any atom is 0.320 e. The lowest BCUT2D eigenvalue weighted by atomic mass is 10.0. The molecule has 0 amide bonds. The normalized spacial score (nSPS) is 15.7. The van der Waals surface area contributed by atoms with Crippen molar-refractivity contribution < 1.29 is 67.7 Å². The van der Waals surface area contributed by atoms with Crippen LogP contribution in [0, 0.1) is 0 Å². The second-order valence-corrected chi connectivity index (χ2v) is 11.5. The first-order chi connectivity index (χ1) is 24.2. The van der Waals surface area contributed by atoms with Crippen molar-refractivity contribution in [1.29, 1.82) is 0 Å². The number of carboxylic acid groups (broad SMARTS) is 3. The van der Waals surface area contributed by atoms with E-state index in [1.165, 1.54) is 0 Å². The number of carboxylic acids is 3. The molecule has 0 radical (unpaired) electrons. The highest BCUT2D eigenvalue weighted by Gasteiger charge is 2.28. The van der Waals surface area contributed by atoms with E-state index in [1.54, 1.807) is 14.7 Å². The smallest absolute Gasteiger partial charge is 0.320 e. The van der Waals surface area contributed by atoms with Crippen molar-refractivity contribution in [2.24, 2.45) is 5.73 Å². The Balaban J connectivity index is 2.09. The third kappa shape index (κ3) is 26.4. The lowest BCUT2D eigenvalue weighted by Gasteiger charge is -2.30. The quantitative estimate of drug-likeness (QED) is 0.0579. The van der Waals surface area contributed by atoms with Gasteiger partial charge in [-0.1, -0.05) is 0 Å². The Morgan fingerprint density at radius 2 is 0.880 bits per heavy atom. The van der Waals surface area contributed by atoms with Crippen LogP contribution in [0.2, 0.25) is 0 Å². The lowest BCUT2D eigenvalue weighted by molar-refractivity contribution is -0.144. The van der Waals surface area contributed by atoms with Crippen LogP contribution in [0.15, 0.2) is 0 Å². The minimum absolute atomic E-state index is 0.0696. The van der Waals surface area contributed by atoms with Crippen molar-refractivity contribution in [3.8, 4) is 0 Å². The third-order valence-electron chi connectivity index (χ3n) is 7.52. The van der Waals surface area contributed by atoms with Gasteiger partial charge in [-0.25, -0.2) is 0 Å². The molecule has 0 saturated carbocycles. The van der Waals surface area contributed by atoms with Gasteiger partial charge in [0, 0.05) is 65.3 Å². The number of ketones is 1. The molecular formula is C32H60N4O14. The summed E-state index contributed by atoms with van der Waals surface area (Å²) >= 11 is 0. The van der Waals surface area contributed by atoms with E-state index in [1.807, 2.05) is 0 Å². The molecule has 1 unspecified atom stereocenters.